The highest BCUT2D eigenvalue weighted by atomic mass is 16.5. The van der Waals surface area contributed by atoms with Crippen LogP contribution >= 0.6 is 0 Å². The summed E-state index contributed by atoms with van der Waals surface area (Å²) in [6.07, 6.45) is 2.05. The van der Waals surface area contributed by atoms with Gasteiger partial charge in [0.15, 0.2) is 0 Å². The zero-order valence-corrected chi connectivity index (χ0v) is 16.2. The van der Waals surface area contributed by atoms with Gasteiger partial charge in [-0.25, -0.2) is 4.98 Å². The Morgan fingerprint density at radius 3 is 2.25 bits per heavy atom. The summed E-state index contributed by atoms with van der Waals surface area (Å²) in [5.41, 5.74) is 5.12. The van der Waals surface area contributed by atoms with Crippen LogP contribution in [0.2, 0.25) is 0 Å². The SMILES string of the molecule is COc1ccc(-c2cn(-c3ccc(C)cc3)c(-c3ccccc3)n2)c(OC)c1. The molecule has 0 spiro atoms. The van der Waals surface area contributed by atoms with E-state index in [1.54, 1.807) is 14.2 Å². The molecular weight excluding hydrogens is 348 g/mol. The number of hydrogen-bond donors (Lipinski definition) is 0. The maximum absolute atomic E-state index is 5.59. The van der Waals surface area contributed by atoms with Gasteiger partial charge < -0.3 is 9.47 Å². The number of nitrogens with zero attached hydrogens (tertiary/aromatic N) is 2. The lowest BCUT2D eigenvalue weighted by Gasteiger charge is -2.08. The van der Waals surface area contributed by atoms with Crippen molar-refractivity contribution in [2.75, 3.05) is 14.2 Å². The molecule has 4 nitrogen and oxygen atoms in total. The summed E-state index contributed by atoms with van der Waals surface area (Å²) in [6, 6.07) is 24.4. The lowest BCUT2D eigenvalue weighted by atomic mass is 10.1. The Balaban J connectivity index is 1.90. The maximum atomic E-state index is 5.59. The Bertz CT molecular complexity index is 1080. The first-order valence-corrected chi connectivity index (χ1v) is 9.14. The van der Waals surface area contributed by atoms with Crippen LogP contribution in [-0.2, 0) is 0 Å². The molecule has 0 fully saturated rings. The van der Waals surface area contributed by atoms with E-state index in [9.17, 15) is 0 Å². The third-order valence-electron chi connectivity index (χ3n) is 4.73. The minimum atomic E-state index is 0.729. The van der Waals surface area contributed by atoms with Crippen molar-refractivity contribution in [3.8, 4) is 39.8 Å². The number of rotatable bonds is 5. The molecule has 0 N–H and O–H groups in total. The van der Waals surface area contributed by atoms with Gasteiger partial charge in [-0.15, -0.1) is 0 Å². The fourth-order valence-corrected chi connectivity index (χ4v) is 3.21. The first kappa shape index (κ1) is 17.9. The number of hydrogen-bond acceptors (Lipinski definition) is 3. The number of ether oxygens (including phenoxy) is 2. The summed E-state index contributed by atoms with van der Waals surface area (Å²) in [4.78, 5) is 4.96. The van der Waals surface area contributed by atoms with Crippen LogP contribution in [0.25, 0.3) is 28.3 Å². The van der Waals surface area contributed by atoms with Crippen molar-refractivity contribution in [3.05, 3.63) is 84.6 Å². The van der Waals surface area contributed by atoms with Crippen molar-refractivity contribution in [2.45, 2.75) is 6.92 Å². The molecule has 0 saturated carbocycles. The van der Waals surface area contributed by atoms with E-state index in [1.807, 2.05) is 36.4 Å². The average Bonchev–Trinajstić information content (AvgIpc) is 3.19. The second-order valence-corrected chi connectivity index (χ2v) is 6.59. The van der Waals surface area contributed by atoms with E-state index in [1.165, 1.54) is 5.56 Å². The molecule has 0 atom stereocenters. The van der Waals surface area contributed by atoms with Crippen LogP contribution in [0.3, 0.4) is 0 Å². The zero-order valence-electron chi connectivity index (χ0n) is 16.2. The van der Waals surface area contributed by atoms with Gasteiger partial charge >= 0.3 is 0 Å². The highest BCUT2D eigenvalue weighted by Gasteiger charge is 2.16. The maximum Gasteiger partial charge on any atom is 0.145 e. The Labute approximate surface area is 165 Å². The Kier molecular flexibility index (Phi) is 4.85. The molecule has 0 radical (unpaired) electrons. The zero-order chi connectivity index (χ0) is 19.5. The molecule has 4 heteroatoms. The van der Waals surface area contributed by atoms with Gasteiger partial charge in [-0.1, -0.05) is 48.0 Å². The van der Waals surface area contributed by atoms with E-state index in [0.717, 1.165) is 39.8 Å². The summed E-state index contributed by atoms with van der Waals surface area (Å²) in [6.45, 7) is 2.09. The summed E-state index contributed by atoms with van der Waals surface area (Å²) in [5, 5.41) is 0. The summed E-state index contributed by atoms with van der Waals surface area (Å²) in [7, 11) is 3.31. The average molecular weight is 370 g/mol. The Hall–Kier alpha value is -3.53. The first-order valence-electron chi connectivity index (χ1n) is 9.14. The van der Waals surface area contributed by atoms with E-state index in [4.69, 9.17) is 14.5 Å². The molecule has 140 valence electrons. The summed E-state index contributed by atoms with van der Waals surface area (Å²) >= 11 is 0. The van der Waals surface area contributed by atoms with Gasteiger partial charge in [0.1, 0.15) is 17.3 Å². The number of methoxy groups -OCH3 is 2. The number of aromatic nitrogens is 2. The molecule has 1 heterocycles. The molecule has 0 unspecified atom stereocenters. The van der Waals surface area contributed by atoms with Gasteiger partial charge in [0.2, 0.25) is 0 Å². The molecule has 0 saturated heterocycles. The number of imidazole rings is 1. The molecule has 1 aromatic heterocycles. The van der Waals surface area contributed by atoms with E-state index in [2.05, 4.69) is 54.1 Å². The Morgan fingerprint density at radius 1 is 0.821 bits per heavy atom. The van der Waals surface area contributed by atoms with Crippen LogP contribution in [0.1, 0.15) is 5.56 Å². The van der Waals surface area contributed by atoms with Crippen LogP contribution in [-0.4, -0.2) is 23.8 Å². The van der Waals surface area contributed by atoms with Gasteiger partial charge in [-0.3, -0.25) is 4.57 Å². The van der Waals surface area contributed by atoms with Crippen LogP contribution in [0.15, 0.2) is 79.0 Å². The smallest absolute Gasteiger partial charge is 0.145 e. The highest BCUT2D eigenvalue weighted by molar-refractivity contribution is 5.72. The van der Waals surface area contributed by atoms with Gasteiger partial charge in [0, 0.05) is 29.1 Å². The van der Waals surface area contributed by atoms with Gasteiger partial charge in [-0.2, -0.15) is 0 Å². The quantitative estimate of drug-likeness (QED) is 0.463. The van der Waals surface area contributed by atoms with Crippen molar-refractivity contribution >= 4 is 0 Å². The third kappa shape index (κ3) is 3.37. The van der Waals surface area contributed by atoms with E-state index < -0.39 is 0 Å². The largest absolute Gasteiger partial charge is 0.497 e. The van der Waals surface area contributed by atoms with Gasteiger partial charge in [-0.05, 0) is 31.2 Å². The molecule has 0 aliphatic rings. The second kappa shape index (κ2) is 7.61. The molecule has 4 aromatic rings. The monoisotopic (exact) mass is 370 g/mol. The van der Waals surface area contributed by atoms with Crippen molar-refractivity contribution in [3.63, 3.8) is 0 Å². The third-order valence-corrected chi connectivity index (χ3v) is 4.73. The molecule has 0 bridgehead atoms. The predicted octanol–water partition coefficient (Wildman–Crippen LogP) is 5.53. The minimum Gasteiger partial charge on any atom is -0.497 e. The molecule has 28 heavy (non-hydrogen) atoms. The standard InChI is InChI=1S/C24H22N2O2/c1-17-9-11-19(12-10-17)26-16-22(25-24(26)18-7-5-4-6-8-18)21-14-13-20(27-2)15-23(21)28-3/h4-16H,1-3H3. The lowest BCUT2D eigenvalue weighted by molar-refractivity contribution is 0.395. The first-order chi connectivity index (χ1) is 13.7. The van der Waals surface area contributed by atoms with Crippen LogP contribution in [0, 0.1) is 6.92 Å². The number of aryl methyl sites for hydroxylation is 1. The fraction of sp³-hybridized carbons (Fsp3) is 0.125. The van der Waals surface area contributed by atoms with Crippen molar-refractivity contribution < 1.29 is 9.47 Å². The summed E-state index contributed by atoms with van der Waals surface area (Å²) < 4.78 is 13.0. The van der Waals surface area contributed by atoms with Crippen molar-refractivity contribution in [1.29, 1.82) is 0 Å². The molecule has 4 rings (SSSR count). The molecule has 0 aliphatic heterocycles. The second-order valence-electron chi connectivity index (χ2n) is 6.59. The highest BCUT2D eigenvalue weighted by Crippen LogP contribution is 2.35. The lowest BCUT2D eigenvalue weighted by Crippen LogP contribution is -1.95. The van der Waals surface area contributed by atoms with E-state index in [-0.39, 0.29) is 0 Å². The minimum absolute atomic E-state index is 0.729. The molecular formula is C24H22N2O2. The molecule has 0 amide bonds. The van der Waals surface area contributed by atoms with E-state index >= 15 is 0 Å². The van der Waals surface area contributed by atoms with Gasteiger partial charge in [0.05, 0.1) is 19.9 Å². The fourth-order valence-electron chi connectivity index (χ4n) is 3.21. The van der Waals surface area contributed by atoms with Crippen LogP contribution < -0.4 is 9.47 Å². The van der Waals surface area contributed by atoms with Crippen molar-refractivity contribution in [1.82, 2.24) is 9.55 Å². The molecule has 3 aromatic carbocycles. The molecule has 0 aliphatic carbocycles. The normalized spacial score (nSPS) is 10.7. The summed E-state index contributed by atoms with van der Waals surface area (Å²) in [5.74, 6) is 2.37. The van der Waals surface area contributed by atoms with Gasteiger partial charge in [0.25, 0.3) is 0 Å². The Morgan fingerprint density at radius 2 is 1.57 bits per heavy atom. The van der Waals surface area contributed by atoms with Crippen LogP contribution in [0.5, 0.6) is 11.5 Å². The van der Waals surface area contributed by atoms with Crippen LogP contribution in [0.4, 0.5) is 0 Å². The predicted molar refractivity (Wildman–Crippen MR) is 112 cm³/mol. The van der Waals surface area contributed by atoms with Crippen molar-refractivity contribution in [2.24, 2.45) is 0 Å². The topological polar surface area (TPSA) is 36.3 Å². The van der Waals surface area contributed by atoms with E-state index in [0.29, 0.717) is 0 Å². The number of benzene rings is 3.